The van der Waals surface area contributed by atoms with Gasteiger partial charge >= 0.3 is 0 Å². The lowest BCUT2D eigenvalue weighted by Crippen LogP contribution is -2.49. The Labute approximate surface area is 116 Å². The lowest BCUT2D eigenvalue weighted by molar-refractivity contribution is 0.410. The summed E-state index contributed by atoms with van der Waals surface area (Å²) in [6.45, 7) is 0.726. The molecular weight excluding hydrogens is 252 g/mol. The normalized spacial score (nSPS) is 21.4. The van der Waals surface area contributed by atoms with Gasteiger partial charge in [-0.2, -0.15) is 5.10 Å². The first-order chi connectivity index (χ1) is 9.66. The van der Waals surface area contributed by atoms with Crippen molar-refractivity contribution in [2.45, 2.75) is 12.3 Å². The maximum atomic E-state index is 6.21. The molecule has 102 valence electrons. The largest absolute Gasteiger partial charge is 0.384 e. The van der Waals surface area contributed by atoms with E-state index in [0.717, 1.165) is 17.7 Å². The van der Waals surface area contributed by atoms with Crippen LogP contribution < -0.4 is 16.8 Å². The summed E-state index contributed by atoms with van der Waals surface area (Å²) in [5.74, 6) is -0.588. The fourth-order valence-corrected chi connectivity index (χ4v) is 2.12. The van der Waals surface area contributed by atoms with Crippen LogP contribution in [0.2, 0.25) is 0 Å². The number of benzene rings is 1. The van der Waals surface area contributed by atoms with Crippen LogP contribution in [0.3, 0.4) is 0 Å². The predicted molar refractivity (Wildman–Crippen MR) is 77.5 cm³/mol. The molecular formula is C14H16N6. The van der Waals surface area contributed by atoms with E-state index < -0.39 is 5.79 Å². The Morgan fingerprint density at radius 3 is 2.70 bits per heavy atom. The van der Waals surface area contributed by atoms with Crippen LogP contribution in [-0.4, -0.2) is 15.6 Å². The van der Waals surface area contributed by atoms with Crippen LogP contribution in [0.25, 0.3) is 0 Å². The maximum absolute atomic E-state index is 6.21. The van der Waals surface area contributed by atoms with Crippen molar-refractivity contribution in [1.29, 1.82) is 0 Å². The molecule has 3 rings (SSSR count). The van der Waals surface area contributed by atoms with Gasteiger partial charge in [0.1, 0.15) is 5.84 Å². The zero-order chi connectivity index (χ0) is 14.0. The van der Waals surface area contributed by atoms with E-state index in [-0.39, 0.29) is 0 Å². The third-order valence-electron chi connectivity index (χ3n) is 3.16. The van der Waals surface area contributed by atoms with Crippen LogP contribution in [0.15, 0.2) is 60.0 Å². The summed E-state index contributed by atoms with van der Waals surface area (Å²) in [4.78, 5) is 4.25. The molecule has 1 aromatic carbocycles. The second kappa shape index (κ2) is 4.82. The highest BCUT2D eigenvalue weighted by molar-refractivity contribution is 5.92. The molecule has 1 aliphatic rings. The number of nitrogens with one attached hydrogen (secondary N) is 1. The Morgan fingerprint density at radius 2 is 2.05 bits per heavy atom. The minimum atomic E-state index is -0.997. The summed E-state index contributed by atoms with van der Waals surface area (Å²) in [7, 11) is 0. The minimum Gasteiger partial charge on any atom is -0.384 e. The first-order valence-corrected chi connectivity index (χ1v) is 6.31. The Kier molecular flexibility index (Phi) is 3.00. The van der Waals surface area contributed by atoms with Crippen molar-refractivity contribution in [1.82, 2.24) is 15.1 Å². The summed E-state index contributed by atoms with van der Waals surface area (Å²) in [6, 6.07) is 9.82. The maximum Gasteiger partial charge on any atom is 0.211 e. The van der Waals surface area contributed by atoms with Crippen LogP contribution >= 0.6 is 0 Å². The third-order valence-corrected chi connectivity index (χ3v) is 3.16. The molecule has 5 N–H and O–H groups in total. The van der Waals surface area contributed by atoms with Crippen LogP contribution in [0, 0.1) is 0 Å². The highest BCUT2D eigenvalue weighted by Crippen LogP contribution is 2.20. The van der Waals surface area contributed by atoms with Gasteiger partial charge in [-0.3, -0.25) is 10.4 Å². The molecule has 1 aliphatic heterocycles. The average molecular weight is 268 g/mol. The van der Waals surface area contributed by atoms with Gasteiger partial charge < -0.3 is 11.1 Å². The molecule has 0 amide bonds. The van der Waals surface area contributed by atoms with Crippen LogP contribution in [0.4, 0.5) is 0 Å². The van der Waals surface area contributed by atoms with E-state index in [4.69, 9.17) is 11.5 Å². The molecule has 1 unspecified atom stereocenters. The molecule has 6 nitrogen and oxygen atoms in total. The van der Waals surface area contributed by atoms with Gasteiger partial charge in [0.15, 0.2) is 0 Å². The molecule has 1 aromatic heterocycles. The number of rotatable bonds is 3. The van der Waals surface area contributed by atoms with Gasteiger partial charge in [0.05, 0.1) is 6.54 Å². The lowest BCUT2D eigenvalue weighted by Gasteiger charge is -2.28. The first-order valence-electron chi connectivity index (χ1n) is 6.31. The summed E-state index contributed by atoms with van der Waals surface area (Å²) in [6.07, 6.45) is 7.08. The van der Waals surface area contributed by atoms with E-state index >= 15 is 0 Å². The minimum absolute atomic E-state index is 0.409. The average Bonchev–Trinajstić information content (AvgIpc) is 2.92. The number of aliphatic imine (C=N–C) groups is 1. The molecule has 0 radical (unpaired) electrons. The van der Waals surface area contributed by atoms with Crippen LogP contribution in [-0.2, 0) is 12.3 Å². The Morgan fingerprint density at radius 1 is 1.25 bits per heavy atom. The predicted octanol–water partition coefficient (Wildman–Crippen LogP) is 0.474. The van der Waals surface area contributed by atoms with Crippen molar-refractivity contribution >= 4 is 5.84 Å². The van der Waals surface area contributed by atoms with Gasteiger partial charge in [-0.1, -0.05) is 24.3 Å². The number of nitrogens with two attached hydrogens (primary N) is 2. The quantitative estimate of drug-likeness (QED) is 0.754. The third kappa shape index (κ3) is 2.41. The van der Waals surface area contributed by atoms with Gasteiger partial charge in [-0.25, -0.2) is 4.99 Å². The van der Waals surface area contributed by atoms with Crippen LogP contribution in [0.1, 0.15) is 11.1 Å². The molecule has 0 bridgehead atoms. The highest BCUT2D eigenvalue weighted by Gasteiger charge is 2.26. The van der Waals surface area contributed by atoms with E-state index in [1.165, 1.54) is 0 Å². The van der Waals surface area contributed by atoms with Crippen molar-refractivity contribution < 1.29 is 0 Å². The second-order valence-corrected chi connectivity index (χ2v) is 4.68. The molecule has 2 heterocycles. The number of amidine groups is 1. The molecule has 0 fully saturated rings. The van der Waals surface area contributed by atoms with Gasteiger partial charge in [0.25, 0.3) is 0 Å². The topological polar surface area (TPSA) is 94.2 Å². The monoisotopic (exact) mass is 268 g/mol. The van der Waals surface area contributed by atoms with E-state index in [1.54, 1.807) is 18.5 Å². The van der Waals surface area contributed by atoms with Gasteiger partial charge in [0, 0.05) is 24.2 Å². The van der Waals surface area contributed by atoms with Crippen molar-refractivity contribution in [3.05, 3.63) is 66.1 Å². The van der Waals surface area contributed by atoms with Gasteiger partial charge in [-0.05, 0) is 17.7 Å². The van der Waals surface area contributed by atoms with Gasteiger partial charge in [0.2, 0.25) is 5.79 Å². The molecule has 0 saturated heterocycles. The Balaban J connectivity index is 1.81. The van der Waals surface area contributed by atoms with Crippen LogP contribution in [0.5, 0.6) is 0 Å². The Hall–Kier alpha value is -2.60. The summed E-state index contributed by atoms with van der Waals surface area (Å²) < 4.78 is 1.87. The lowest BCUT2D eigenvalue weighted by atomic mass is 10.1. The number of hydrogen-bond acceptors (Lipinski definition) is 5. The number of nitrogens with zero attached hydrogens (tertiary/aromatic N) is 3. The van der Waals surface area contributed by atoms with Crippen molar-refractivity contribution in [2.24, 2.45) is 16.5 Å². The van der Waals surface area contributed by atoms with E-state index in [9.17, 15) is 0 Å². The Bertz CT molecular complexity index is 641. The summed E-state index contributed by atoms with van der Waals surface area (Å²) >= 11 is 0. The standard InChI is InChI=1S/C14H16N6/c15-13-6-8-17-14(16,19-13)12-4-2-11(3-5-12)10-20-9-1-7-18-20/h1-9,17H,10,16H2,(H2,15,19). The van der Waals surface area contributed by atoms with Crippen molar-refractivity contribution in [3.8, 4) is 0 Å². The molecule has 6 heteroatoms. The van der Waals surface area contributed by atoms with E-state index in [1.807, 2.05) is 41.2 Å². The number of hydrogen-bond donors (Lipinski definition) is 3. The van der Waals surface area contributed by atoms with Crippen molar-refractivity contribution in [3.63, 3.8) is 0 Å². The summed E-state index contributed by atoms with van der Waals surface area (Å²) in [5.41, 5.74) is 13.9. The smallest absolute Gasteiger partial charge is 0.211 e. The SMILES string of the molecule is NC1=NC(N)(c2ccc(Cn3cccn3)cc2)NC=C1. The van der Waals surface area contributed by atoms with E-state index in [0.29, 0.717) is 5.84 Å². The molecule has 0 aliphatic carbocycles. The molecule has 1 atom stereocenters. The zero-order valence-electron chi connectivity index (χ0n) is 10.9. The van der Waals surface area contributed by atoms with Crippen molar-refractivity contribution in [2.75, 3.05) is 0 Å². The molecule has 2 aromatic rings. The van der Waals surface area contributed by atoms with Gasteiger partial charge in [-0.15, -0.1) is 0 Å². The van der Waals surface area contributed by atoms with E-state index in [2.05, 4.69) is 15.4 Å². The second-order valence-electron chi connectivity index (χ2n) is 4.68. The zero-order valence-corrected chi connectivity index (χ0v) is 10.9. The molecule has 0 saturated carbocycles. The fourth-order valence-electron chi connectivity index (χ4n) is 2.12. The highest BCUT2D eigenvalue weighted by atomic mass is 15.3. The molecule has 0 spiro atoms. The first kappa shape index (κ1) is 12.4. The summed E-state index contributed by atoms with van der Waals surface area (Å²) in [5, 5.41) is 7.20. The fraction of sp³-hybridized carbons (Fsp3) is 0.143. The number of aromatic nitrogens is 2. The molecule has 20 heavy (non-hydrogen) atoms.